The predicted molar refractivity (Wildman–Crippen MR) is 142 cm³/mol. The highest BCUT2D eigenvalue weighted by molar-refractivity contribution is 7.93. The van der Waals surface area contributed by atoms with E-state index in [0.717, 1.165) is 19.3 Å². The third-order valence-electron chi connectivity index (χ3n) is 8.75. The number of nitrogens with zero attached hydrogens (tertiary/aromatic N) is 4. The molecule has 40 heavy (non-hydrogen) atoms. The molecule has 1 aliphatic heterocycles. The van der Waals surface area contributed by atoms with Gasteiger partial charge in [-0.3, -0.25) is 13.3 Å². The second kappa shape index (κ2) is 9.29. The number of hydrogen-bond acceptors (Lipinski definition) is 11. The van der Waals surface area contributed by atoms with E-state index in [9.17, 15) is 23.2 Å². The van der Waals surface area contributed by atoms with Crippen LogP contribution in [0, 0.1) is 16.7 Å². The lowest BCUT2D eigenvalue weighted by molar-refractivity contribution is -0.0973. The van der Waals surface area contributed by atoms with Crippen molar-refractivity contribution in [1.82, 2.24) is 19.5 Å². The normalized spacial score (nSPS) is 39.3. The van der Waals surface area contributed by atoms with Gasteiger partial charge in [0.25, 0.3) is 10.1 Å². The van der Waals surface area contributed by atoms with Crippen molar-refractivity contribution in [2.24, 2.45) is 16.7 Å². The second-order valence-electron chi connectivity index (χ2n) is 12.9. The zero-order valence-corrected chi connectivity index (χ0v) is 24.4. The Morgan fingerprint density at radius 1 is 1.15 bits per heavy atom. The lowest BCUT2D eigenvalue weighted by Gasteiger charge is -2.65. The molecule has 8 atom stereocenters. The van der Waals surface area contributed by atoms with Crippen molar-refractivity contribution in [3.63, 3.8) is 0 Å². The molecule has 0 spiro atoms. The number of hydrogen-bond donors (Lipinski definition) is 5. The van der Waals surface area contributed by atoms with Gasteiger partial charge in [-0.15, -0.1) is 0 Å². The standard InChI is InChI=1S/C23H33ClN5O9PS/c1-21-3-12-4-22(2,7-21)9-23(5-12,8-21)28-17-14-18(27-20(24)26-17)29(10-25-14)19-16(31)15(30)13(38-19)6-37-40(35,36)11-39(32,33)34/h10,12-13,15-16,19,30-31H,3-9,11H2,1-2H3,(H,26,27,28)(H2,32,33,34)/t12-,13-,15+,16+,19-,21+,22-,23-/m1/s1. The molecule has 4 bridgehead atoms. The zero-order valence-electron chi connectivity index (χ0n) is 22.0. The number of halogens is 1. The van der Waals surface area contributed by atoms with Crippen molar-refractivity contribution in [2.75, 3.05) is 17.4 Å². The number of imidazole rings is 1. The van der Waals surface area contributed by atoms with Gasteiger partial charge in [0.1, 0.15) is 18.3 Å². The van der Waals surface area contributed by atoms with Gasteiger partial charge in [0.05, 0.1) is 12.9 Å². The SMILES string of the molecule is C[C@]12C[C@@H]3C[C@](C)(C1)C[C@@](Nc1nc(Cl)nc4c1ncn4[C@@H]1O[C@H](COS(=O)(=O)CP(=O)(O)O)[C@H](O)[C@@H]1O)(C3)C2. The molecule has 222 valence electrons. The first kappa shape index (κ1) is 28.7. The number of aromatic nitrogens is 4. The van der Waals surface area contributed by atoms with Crippen molar-refractivity contribution in [3.8, 4) is 0 Å². The third kappa shape index (κ3) is 5.29. The van der Waals surface area contributed by atoms with E-state index in [1.54, 1.807) is 0 Å². The monoisotopic (exact) mass is 621 g/mol. The summed E-state index contributed by atoms with van der Waals surface area (Å²) < 4.78 is 46.6. The van der Waals surface area contributed by atoms with Crippen molar-refractivity contribution >= 4 is 46.3 Å². The quantitative estimate of drug-likeness (QED) is 0.162. The summed E-state index contributed by atoms with van der Waals surface area (Å²) in [7, 11) is -9.52. The number of fused-ring (bicyclic) bond motifs is 1. The molecule has 5 N–H and O–H groups in total. The van der Waals surface area contributed by atoms with Gasteiger partial charge in [0.15, 0.2) is 28.7 Å². The van der Waals surface area contributed by atoms with E-state index in [-0.39, 0.29) is 27.3 Å². The first-order valence-electron chi connectivity index (χ1n) is 13.1. The van der Waals surface area contributed by atoms with Crippen molar-refractivity contribution in [3.05, 3.63) is 11.6 Å². The molecule has 2 aromatic heterocycles. The summed E-state index contributed by atoms with van der Waals surface area (Å²) in [5.74, 6) is 1.11. The first-order chi connectivity index (χ1) is 18.5. The lowest BCUT2D eigenvalue weighted by Crippen LogP contribution is -2.61. The van der Waals surface area contributed by atoms with Gasteiger partial charge in [-0.2, -0.15) is 18.4 Å². The smallest absolute Gasteiger partial charge is 0.343 e. The average Bonchev–Trinajstić information content (AvgIpc) is 3.29. The van der Waals surface area contributed by atoms with Gasteiger partial charge in [0, 0.05) is 5.54 Å². The van der Waals surface area contributed by atoms with Crippen molar-refractivity contribution in [2.45, 2.75) is 82.5 Å². The summed E-state index contributed by atoms with van der Waals surface area (Å²) in [6.45, 7) is 3.96. The Labute approximate surface area is 235 Å². The van der Waals surface area contributed by atoms with Crippen LogP contribution in [-0.2, 0) is 23.6 Å². The van der Waals surface area contributed by atoms with Gasteiger partial charge >= 0.3 is 7.60 Å². The van der Waals surface area contributed by atoms with Crippen molar-refractivity contribution in [1.29, 1.82) is 0 Å². The van der Waals surface area contributed by atoms with Gasteiger partial charge < -0.3 is 30.1 Å². The number of ether oxygens (including phenoxy) is 1. The Hall–Kier alpha value is -1.42. The average molecular weight is 622 g/mol. The molecule has 2 aromatic rings. The topological polar surface area (TPSA) is 206 Å². The summed E-state index contributed by atoms with van der Waals surface area (Å²) in [5, 5.41) is 24.9. The number of nitrogens with one attached hydrogen (secondary N) is 1. The van der Waals surface area contributed by atoms with Crippen LogP contribution in [0.25, 0.3) is 11.2 Å². The second-order valence-corrected chi connectivity index (χ2v) is 16.9. The van der Waals surface area contributed by atoms with Crippen LogP contribution in [0.5, 0.6) is 0 Å². The molecule has 14 nitrogen and oxygen atoms in total. The Bertz CT molecular complexity index is 1480. The Morgan fingerprint density at radius 3 is 2.45 bits per heavy atom. The minimum Gasteiger partial charge on any atom is -0.387 e. The summed E-state index contributed by atoms with van der Waals surface area (Å²) in [5.41, 5.74) is -0.514. The van der Waals surface area contributed by atoms with Crippen LogP contribution < -0.4 is 5.32 Å². The molecule has 0 aromatic carbocycles. The molecule has 5 aliphatic rings. The molecule has 4 aliphatic carbocycles. The molecule has 3 heterocycles. The van der Waals surface area contributed by atoms with Crippen LogP contribution in [0.15, 0.2) is 6.33 Å². The minimum absolute atomic E-state index is 0.0460. The van der Waals surface area contributed by atoms with E-state index in [1.807, 2.05) is 0 Å². The zero-order chi connectivity index (χ0) is 28.9. The van der Waals surface area contributed by atoms with E-state index in [0.29, 0.717) is 17.3 Å². The number of anilines is 1. The first-order valence-corrected chi connectivity index (χ1v) is 16.8. The van der Waals surface area contributed by atoms with E-state index < -0.39 is 54.4 Å². The largest absolute Gasteiger partial charge is 0.387 e. The summed E-state index contributed by atoms with van der Waals surface area (Å²) in [6, 6.07) is 0. The third-order valence-corrected chi connectivity index (χ3v) is 12.0. The molecule has 17 heteroatoms. The van der Waals surface area contributed by atoms with Crippen LogP contribution in [0.2, 0.25) is 5.28 Å². The number of aliphatic hydroxyl groups excluding tert-OH is 2. The van der Waals surface area contributed by atoms with Crippen LogP contribution in [0.4, 0.5) is 5.82 Å². The van der Waals surface area contributed by atoms with Crippen LogP contribution in [0.3, 0.4) is 0 Å². The Morgan fingerprint density at radius 2 is 1.82 bits per heavy atom. The highest BCUT2D eigenvalue weighted by Crippen LogP contribution is 2.67. The van der Waals surface area contributed by atoms with Gasteiger partial charge in [-0.25, -0.2) is 4.98 Å². The van der Waals surface area contributed by atoms with Crippen LogP contribution in [-0.4, -0.2) is 83.9 Å². The number of aliphatic hydroxyl groups is 2. The maximum absolute atomic E-state index is 11.9. The van der Waals surface area contributed by atoms with E-state index >= 15 is 0 Å². The summed E-state index contributed by atoms with van der Waals surface area (Å²) >= 11 is 6.34. The molecule has 7 rings (SSSR count). The predicted octanol–water partition coefficient (Wildman–Crippen LogP) is 1.74. The summed E-state index contributed by atoms with van der Waals surface area (Å²) in [4.78, 5) is 31.1. The fraction of sp³-hybridized carbons (Fsp3) is 0.783. The van der Waals surface area contributed by atoms with E-state index in [4.69, 9.17) is 26.1 Å². The van der Waals surface area contributed by atoms with Gasteiger partial charge in [0.2, 0.25) is 5.28 Å². The summed E-state index contributed by atoms with van der Waals surface area (Å²) in [6.07, 6.45) is 2.44. The fourth-order valence-electron chi connectivity index (χ4n) is 8.51. The maximum Gasteiger partial charge on any atom is 0.343 e. The molecule has 0 amide bonds. The molecular formula is C23H33ClN5O9PS. The van der Waals surface area contributed by atoms with Crippen molar-refractivity contribution < 1.29 is 41.9 Å². The molecule has 0 radical (unpaired) electrons. The molecule has 0 unspecified atom stereocenters. The minimum atomic E-state index is -4.90. The Balaban J connectivity index is 1.25. The van der Waals surface area contributed by atoms with Gasteiger partial charge in [-0.05, 0) is 66.9 Å². The van der Waals surface area contributed by atoms with Crippen LogP contribution in [0.1, 0.15) is 58.6 Å². The van der Waals surface area contributed by atoms with Crippen LogP contribution >= 0.6 is 19.2 Å². The van der Waals surface area contributed by atoms with Gasteiger partial charge in [-0.1, -0.05) is 13.8 Å². The molecule has 5 fully saturated rings. The lowest BCUT2D eigenvalue weighted by atomic mass is 9.43. The molecule has 1 saturated heterocycles. The van der Waals surface area contributed by atoms with E-state index in [2.05, 4.69) is 38.3 Å². The van der Waals surface area contributed by atoms with E-state index in [1.165, 1.54) is 30.2 Å². The molecule has 4 saturated carbocycles. The number of rotatable bonds is 8. The highest BCUT2D eigenvalue weighted by atomic mass is 35.5. The Kier molecular flexibility index (Phi) is 6.66. The maximum atomic E-state index is 11.9. The fourth-order valence-corrected chi connectivity index (χ4v) is 11.0. The molecular weight excluding hydrogens is 589 g/mol. The highest BCUT2D eigenvalue weighted by Gasteiger charge is 2.60.